The average molecular weight is 216 g/mol. The molecule has 0 fully saturated rings. The summed E-state index contributed by atoms with van der Waals surface area (Å²) in [6, 6.07) is 0. The molecule has 0 rings (SSSR count). The van der Waals surface area contributed by atoms with Gasteiger partial charge in [0.15, 0.2) is 0 Å². The van der Waals surface area contributed by atoms with Crippen molar-refractivity contribution in [1.29, 1.82) is 0 Å². The fourth-order valence-corrected chi connectivity index (χ4v) is 0.702. The van der Waals surface area contributed by atoms with Crippen LogP contribution in [0.25, 0.3) is 0 Å². The predicted octanol–water partition coefficient (Wildman–Crippen LogP) is -3.87. The maximum Gasteiger partial charge on any atom is 1.00 e. The molecule has 0 atom stereocenters. The molecular weight excluding hydrogens is 207 g/mol. The molecule has 0 aliphatic rings. The van der Waals surface area contributed by atoms with Gasteiger partial charge in [0, 0.05) is 7.11 Å². The molecule has 0 aromatic heterocycles. The van der Waals surface area contributed by atoms with E-state index in [1.807, 2.05) is 0 Å². The van der Waals surface area contributed by atoms with Crippen LogP contribution in [0.15, 0.2) is 0 Å². The summed E-state index contributed by atoms with van der Waals surface area (Å²) in [5.74, 6) is -5.25. The van der Waals surface area contributed by atoms with E-state index < -0.39 is 29.9 Å². The summed E-state index contributed by atoms with van der Waals surface area (Å²) in [4.78, 5) is 31.1. The van der Waals surface area contributed by atoms with Crippen LogP contribution in [0.3, 0.4) is 0 Å². The first-order valence-corrected chi connectivity index (χ1v) is 3.10. The van der Waals surface area contributed by atoms with Crippen LogP contribution in [-0.4, -0.2) is 45.9 Å². The minimum atomic E-state index is -2.70. The van der Waals surface area contributed by atoms with E-state index in [1.165, 1.54) is 0 Å². The molecule has 0 aliphatic carbocycles. The largest absolute Gasteiger partial charge is 1.00 e. The molecule has 0 saturated carbocycles. The number of carboxylic acid groups (broad SMARTS) is 3. The van der Waals surface area contributed by atoms with Crippen LogP contribution in [-0.2, 0) is 19.1 Å². The number of hydrogen-bond acceptors (Lipinski definition) is 4. The van der Waals surface area contributed by atoms with Crippen LogP contribution in [0, 0.1) is 0 Å². The van der Waals surface area contributed by atoms with Crippen molar-refractivity contribution in [2.24, 2.45) is 0 Å². The van der Waals surface area contributed by atoms with Gasteiger partial charge in [0.1, 0.15) is 0 Å². The van der Waals surface area contributed by atoms with Crippen molar-refractivity contribution in [2.75, 3.05) is 7.11 Å². The molecule has 14 heavy (non-hydrogen) atoms. The van der Waals surface area contributed by atoms with Crippen molar-refractivity contribution >= 4 is 17.9 Å². The molecule has 0 radical (unpaired) electrons. The molecule has 7 nitrogen and oxygen atoms in total. The third-order valence-corrected chi connectivity index (χ3v) is 1.44. The van der Waals surface area contributed by atoms with E-state index in [1.54, 1.807) is 0 Å². The van der Waals surface area contributed by atoms with Crippen molar-refractivity contribution in [3.63, 3.8) is 0 Å². The maximum atomic E-state index is 10.5. The number of aliphatic carboxylic acids is 3. The van der Waals surface area contributed by atoms with Crippen LogP contribution in [0.1, 0.15) is 7.85 Å². The molecule has 8 heteroatoms. The van der Waals surface area contributed by atoms with Gasteiger partial charge in [-0.2, -0.15) is 0 Å². The minimum absolute atomic E-state index is 0. The molecule has 0 aromatic carbocycles. The molecule has 0 aliphatic heterocycles. The average Bonchev–Trinajstić information content (AvgIpc) is 1.98. The summed E-state index contributed by atoms with van der Waals surface area (Å²) in [5.41, 5.74) is -2.70. The van der Waals surface area contributed by atoms with Gasteiger partial charge in [0.25, 0.3) is 5.60 Å². The Hall–Kier alpha value is -0.630. The number of carbonyl (C=O) groups is 3. The van der Waals surface area contributed by atoms with E-state index in [9.17, 15) is 14.4 Å². The van der Waals surface area contributed by atoms with E-state index in [4.69, 9.17) is 15.3 Å². The summed E-state index contributed by atoms with van der Waals surface area (Å²) in [7, 11) is 0.825. The molecular formula is C6H9NaO7. The number of carboxylic acids is 3. The second-order valence-corrected chi connectivity index (χ2v) is 2.21. The summed E-state index contributed by atoms with van der Waals surface area (Å²) >= 11 is 0. The minimum Gasteiger partial charge on any atom is -1.00 e. The van der Waals surface area contributed by atoms with Gasteiger partial charge in [0.2, 0.25) is 0 Å². The van der Waals surface area contributed by atoms with Crippen molar-refractivity contribution in [3.8, 4) is 0 Å². The van der Waals surface area contributed by atoms with Gasteiger partial charge in [-0.05, 0) is 0 Å². The Morgan fingerprint density at radius 1 is 1.21 bits per heavy atom. The fraction of sp³-hybridized carbons (Fsp3) is 0.500. The third kappa shape index (κ3) is 3.26. The SMILES string of the molecule is COC(CC(=O)O)(C(=O)O)C(=O)O.[H-].[Na+]. The Morgan fingerprint density at radius 3 is 1.64 bits per heavy atom. The zero-order valence-electron chi connectivity index (χ0n) is 8.68. The Labute approximate surface area is 102 Å². The number of hydrogen-bond donors (Lipinski definition) is 3. The predicted molar refractivity (Wildman–Crippen MR) is 38.4 cm³/mol. The van der Waals surface area contributed by atoms with Gasteiger partial charge in [-0.15, -0.1) is 0 Å². The van der Waals surface area contributed by atoms with Crippen molar-refractivity contribution in [2.45, 2.75) is 12.0 Å². The standard InChI is InChI=1S/C6H8O7.Na.H/c1-13-6(4(9)10,5(11)12)2-3(7)8;;/h2H2,1H3,(H,7,8)(H,9,10)(H,11,12);;/q;+1;-1. The second kappa shape index (κ2) is 5.97. The summed E-state index contributed by atoms with van der Waals surface area (Å²) in [6.07, 6.45) is -1.13. The van der Waals surface area contributed by atoms with Crippen LogP contribution >= 0.6 is 0 Å². The smallest absolute Gasteiger partial charge is 1.00 e. The Balaban J connectivity index is -0.000000720. The zero-order chi connectivity index (χ0) is 10.6. The molecule has 0 spiro atoms. The van der Waals surface area contributed by atoms with E-state index in [0.29, 0.717) is 0 Å². The van der Waals surface area contributed by atoms with Crippen molar-refractivity contribution < 1.29 is 65.4 Å². The first kappa shape index (κ1) is 15.8. The summed E-state index contributed by atoms with van der Waals surface area (Å²) in [5, 5.41) is 25.2. The topological polar surface area (TPSA) is 121 Å². The van der Waals surface area contributed by atoms with E-state index in [2.05, 4.69) is 4.74 Å². The third-order valence-electron chi connectivity index (χ3n) is 1.44. The van der Waals surface area contributed by atoms with Gasteiger partial charge >= 0.3 is 47.5 Å². The van der Waals surface area contributed by atoms with Gasteiger partial charge in [0.05, 0.1) is 6.42 Å². The molecule has 76 valence electrons. The van der Waals surface area contributed by atoms with Gasteiger partial charge < -0.3 is 21.5 Å². The van der Waals surface area contributed by atoms with Crippen LogP contribution in [0.4, 0.5) is 0 Å². The van der Waals surface area contributed by atoms with Crippen molar-refractivity contribution in [3.05, 3.63) is 0 Å². The first-order valence-electron chi connectivity index (χ1n) is 3.10. The molecule has 0 aromatic rings. The molecule has 0 unspecified atom stereocenters. The first-order chi connectivity index (χ1) is 5.86. The second-order valence-electron chi connectivity index (χ2n) is 2.21. The maximum absolute atomic E-state index is 10.5. The van der Waals surface area contributed by atoms with Gasteiger partial charge in [-0.25, -0.2) is 9.59 Å². The normalized spacial score (nSPS) is 10.1. The molecule has 0 heterocycles. The molecule has 3 N–H and O–H groups in total. The Morgan fingerprint density at radius 2 is 1.57 bits per heavy atom. The van der Waals surface area contributed by atoms with Crippen molar-refractivity contribution in [1.82, 2.24) is 0 Å². The Kier molecular flexibility index (Phi) is 6.75. The zero-order valence-corrected chi connectivity index (χ0v) is 9.68. The van der Waals surface area contributed by atoms with Gasteiger partial charge in [-0.3, -0.25) is 4.79 Å². The monoisotopic (exact) mass is 216 g/mol. The van der Waals surface area contributed by atoms with Gasteiger partial charge in [-0.1, -0.05) is 0 Å². The van der Waals surface area contributed by atoms with E-state index in [0.717, 1.165) is 7.11 Å². The van der Waals surface area contributed by atoms with E-state index in [-0.39, 0.29) is 31.0 Å². The van der Waals surface area contributed by atoms with E-state index >= 15 is 0 Å². The number of ether oxygens (including phenoxy) is 1. The van der Waals surface area contributed by atoms with Crippen LogP contribution in [0.5, 0.6) is 0 Å². The molecule has 0 amide bonds. The Bertz CT molecular complexity index is 240. The number of rotatable bonds is 5. The molecule has 0 bridgehead atoms. The quantitative estimate of drug-likeness (QED) is 0.317. The summed E-state index contributed by atoms with van der Waals surface area (Å²) < 4.78 is 4.19. The molecule has 0 saturated heterocycles. The number of methoxy groups -OCH3 is 1. The fourth-order valence-electron chi connectivity index (χ4n) is 0.702. The van der Waals surface area contributed by atoms with Crippen LogP contribution < -0.4 is 29.6 Å². The van der Waals surface area contributed by atoms with Crippen LogP contribution in [0.2, 0.25) is 0 Å². The summed E-state index contributed by atoms with van der Waals surface area (Å²) in [6.45, 7) is 0.